The van der Waals surface area contributed by atoms with Gasteiger partial charge in [0.05, 0.1) is 0 Å². The second-order valence-electron chi connectivity index (χ2n) is 3.62. The van der Waals surface area contributed by atoms with E-state index in [2.05, 4.69) is 18.5 Å². The summed E-state index contributed by atoms with van der Waals surface area (Å²) in [5, 5.41) is 0. The molecule has 0 spiro atoms. The first-order valence-electron chi connectivity index (χ1n) is 4.18. The molecule has 0 aromatic heterocycles. The van der Waals surface area contributed by atoms with E-state index in [0.717, 1.165) is 23.7 Å². The van der Waals surface area contributed by atoms with Crippen LogP contribution in [-0.4, -0.2) is 0 Å². The number of fused-ring (bicyclic) bond motifs is 1. The van der Waals surface area contributed by atoms with Crippen LogP contribution < -0.4 is 0 Å². The quantitative estimate of drug-likeness (QED) is 0.639. The van der Waals surface area contributed by atoms with Crippen LogP contribution in [0.2, 0.25) is 4.63 Å². The standard InChI is InChI=1S/C8H14.CH3At/c1-5-6(2)8-4-3-7(5)8;1-2/h5-8H,3-4H2,1-2H3;1H3. The van der Waals surface area contributed by atoms with Gasteiger partial charge < -0.3 is 0 Å². The van der Waals surface area contributed by atoms with E-state index in [0.29, 0.717) is 0 Å². The minimum atomic E-state index is 1.06. The normalized spacial score (nSPS) is 49.2. The summed E-state index contributed by atoms with van der Waals surface area (Å²) in [5.41, 5.74) is 0. The monoisotopic (exact) mass is 335 g/mol. The summed E-state index contributed by atoms with van der Waals surface area (Å²) in [6, 6.07) is 0. The Morgan fingerprint density at radius 1 is 0.900 bits per heavy atom. The Balaban J connectivity index is 0.000000231. The second-order valence-corrected chi connectivity index (χ2v) is 3.62. The Kier molecular flexibility index (Phi) is 3.16. The van der Waals surface area contributed by atoms with Crippen LogP contribution in [0.1, 0.15) is 26.7 Å². The van der Waals surface area contributed by atoms with E-state index < -0.39 is 0 Å². The van der Waals surface area contributed by atoms with Gasteiger partial charge in [-0.3, -0.25) is 0 Å². The van der Waals surface area contributed by atoms with Crippen molar-refractivity contribution in [2.45, 2.75) is 31.3 Å². The molecule has 0 aromatic rings. The molecule has 0 N–H and O–H groups in total. The molecule has 2 aliphatic rings. The van der Waals surface area contributed by atoms with Crippen LogP contribution in [0.4, 0.5) is 0 Å². The Hall–Kier alpha value is 0.883. The average molecular weight is 335 g/mol. The van der Waals surface area contributed by atoms with E-state index >= 15 is 0 Å². The molecule has 0 amide bonds. The van der Waals surface area contributed by atoms with Crippen molar-refractivity contribution in [2.75, 3.05) is 0 Å². The van der Waals surface area contributed by atoms with Crippen molar-refractivity contribution in [2.24, 2.45) is 23.7 Å². The predicted octanol–water partition coefficient (Wildman–Crippen LogP) is 2.88. The Labute approximate surface area is 79.6 Å². The van der Waals surface area contributed by atoms with Gasteiger partial charge in [-0.25, -0.2) is 0 Å². The van der Waals surface area contributed by atoms with Crippen LogP contribution in [0.15, 0.2) is 0 Å². The van der Waals surface area contributed by atoms with E-state index in [4.69, 9.17) is 0 Å². The van der Waals surface area contributed by atoms with Crippen molar-refractivity contribution in [3.63, 3.8) is 0 Å². The molecule has 10 heavy (non-hydrogen) atoms. The molecule has 0 bridgehead atoms. The SMILES string of the molecule is CC1C(C)C2CCC12.C[At]. The summed E-state index contributed by atoms with van der Waals surface area (Å²) in [6.07, 6.45) is 3.08. The van der Waals surface area contributed by atoms with Gasteiger partial charge in [-0.2, -0.15) is 0 Å². The zero-order valence-electron chi connectivity index (χ0n) is 7.10. The van der Waals surface area contributed by atoms with Gasteiger partial charge >= 0.3 is 29.4 Å². The molecule has 0 aromatic carbocycles. The van der Waals surface area contributed by atoms with E-state index in [1.807, 2.05) is 0 Å². The van der Waals surface area contributed by atoms with E-state index in [1.165, 1.54) is 12.8 Å². The summed E-state index contributed by atoms with van der Waals surface area (Å²) < 4.78 is 2.06. The molecule has 2 aliphatic carbocycles. The third-order valence-electron chi connectivity index (χ3n) is 3.56. The molecule has 4 atom stereocenters. The van der Waals surface area contributed by atoms with Gasteiger partial charge in [0.25, 0.3) is 0 Å². The fourth-order valence-corrected chi connectivity index (χ4v) is 2.49. The molecule has 0 saturated heterocycles. The van der Waals surface area contributed by atoms with Crippen LogP contribution in [0.5, 0.6) is 0 Å². The van der Waals surface area contributed by atoms with Gasteiger partial charge in [-0.1, -0.05) is 13.8 Å². The summed E-state index contributed by atoms with van der Waals surface area (Å²) in [6.45, 7) is 4.82. The molecule has 2 saturated carbocycles. The average Bonchev–Trinajstić information content (AvgIpc) is 1.91. The molecule has 0 heterocycles. The number of rotatable bonds is 0. The summed E-state index contributed by atoms with van der Waals surface area (Å²) in [4.78, 5) is 0. The van der Waals surface area contributed by atoms with Crippen molar-refractivity contribution >= 4 is 0 Å². The van der Waals surface area contributed by atoms with Crippen molar-refractivity contribution in [1.29, 1.82) is 0 Å². The molecule has 2 fully saturated rings. The summed E-state index contributed by atoms with van der Waals surface area (Å²) >= 11 is 1.72. The molecule has 0 radical (unpaired) electrons. The molecule has 60 valence electrons. The maximum absolute atomic E-state index is 2.41. The van der Waals surface area contributed by atoms with E-state index in [1.54, 1.807) is 24.7 Å². The predicted molar refractivity (Wildman–Crippen MR) is 40.4 cm³/mol. The van der Waals surface area contributed by atoms with E-state index in [-0.39, 0.29) is 0 Å². The Morgan fingerprint density at radius 2 is 1.20 bits per heavy atom. The molecule has 4 unspecified atom stereocenters. The fraction of sp³-hybridized carbons (Fsp3) is 1.00. The molecular weight excluding hydrogens is 318 g/mol. The van der Waals surface area contributed by atoms with Crippen molar-refractivity contribution in [3.8, 4) is 0 Å². The summed E-state index contributed by atoms with van der Waals surface area (Å²) in [7, 11) is 0. The number of hydrogen-bond donors (Lipinski definition) is 0. The third-order valence-corrected chi connectivity index (χ3v) is 3.56. The second kappa shape index (κ2) is 3.52. The molecule has 1 heteroatoms. The van der Waals surface area contributed by atoms with Crippen LogP contribution in [-0.2, 0) is 0 Å². The van der Waals surface area contributed by atoms with E-state index in [9.17, 15) is 0 Å². The fourth-order valence-electron chi connectivity index (χ4n) is 2.49. The zero-order valence-corrected chi connectivity index (χ0v) is 10.0. The van der Waals surface area contributed by atoms with Crippen LogP contribution in [0.25, 0.3) is 0 Å². The first-order chi connectivity index (χ1) is 4.80. The van der Waals surface area contributed by atoms with Crippen molar-refractivity contribution in [1.82, 2.24) is 0 Å². The Bertz CT molecular complexity index is 85.3. The van der Waals surface area contributed by atoms with Gasteiger partial charge in [0, 0.05) is 0 Å². The minimum absolute atomic E-state index is 1.06. The summed E-state index contributed by atoms with van der Waals surface area (Å²) in [5.74, 6) is 4.44. The zero-order chi connectivity index (χ0) is 7.72. The molecule has 0 nitrogen and oxygen atoms in total. The van der Waals surface area contributed by atoms with Gasteiger partial charge in [-0.15, -0.1) is 0 Å². The van der Waals surface area contributed by atoms with Crippen LogP contribution in [0, 0.1) is 48.4 Å². The van der Waals surface area contributed by atoms with Crippen molar-refractivity contribution in [3.05, 3.63) is 0 Å². The topological polar surface area (TPSA) is 0 Å². The first-order valence-corrected chi connectivity index (χ1v) is 7.12. The van der Waals surface area contributed by atoms with Crippen molar-refractivity contribution < 1.29 is 24.7 Å². The van der Waals surface area contributed by atoms with Crippen LogP contribution in [0.3, 0.4) is 0 Å². The number of hydrogen-bond acceptors (Lipinski definition) is 0. The maximum atomic E-state index is 2.41. The first kappa shape index (κ1) is 8.98. The third kappa shape index (κ3) is 1.15. The molecular formula is C9H17At. The van der Waals surface area contributed by atoms with Gasteiger partial charge in [0.1, 0.15) is 0 Å². The van der Waals surface area contributed by atoms with Gasteiger partial charge in [0.15, 0.2) is 0 Å². The Morgan fingerprint density at radius 3 is 1.30 bits per heavy atom. The molecule has 2 rings (SSSR count). The van der Waals surface area contributed by atoms with Gasteiger partial charge in [0.2, 0.25) is 0 Å². The van der Waals surface area contributed by atoms with Gasteiger partial charge in [-0.05, 0) is 36.5 Å². The van der Waals surface area contributed by atoms with Crippen LogP contribution >= 0.6 is 0 Å². The molecule has 0 aliphatic heterocycles.